The molecule has 0 unspecified atom stereocenters. The molecule has 112 valence electrons. The molecule has 0 heterocycles. The first-order chi connectivity index (χ1) is 9.75. The summed E-state index contributed by atoms with van der Waals surface area (Å²) >= 11 is 0. The van der Waals surface area contributed by atoms with E-state index in [2.05, 4.69) is 17.4 Å². The minimum atomic E-state index is -0.492. The largest absolute Gasteiger partial charge is 0.354 e. The third-order valence-corrected chi connectivity index (χ3v) is 3.19. The number of nitrogens with one attached hydrogen (secondary N) is 1. The zero-order chi connectivity index (χ0) is 14.2. The molecule has 2 aromatic carbocycles. The lowest BCUT2D eigenvalue weighted by Gasteiger charge is -2.12. The van der Waals surface area contributed by atoms with Gasteiger partial charge in [-0.2, -0.15) is 0 Å². The van der Waals surface area contributed by atoms with Crippen molar-refractivity contribution in [1.29, 1.82) is 0 Å². The van der Waals surface area contributed by atoms with Crippen LogP contribution in [-0.4, -0.2) is 18.5 Å². The average molecular weight is 305 g/mol. The minimum absolute atomic E-state index is 0. The zero-order valence-corrected chi connectivity index (χ0v) is 12.7. The van der Waals surface area contributed by atoms with Gasteiger partial charge in [0.1, 0.15) is 0 Å². The van der Waals surface area contributed by atoms with Crippen molar-refractivity contribution >= 4 is 18.3 Å². The molecule has 0 bridgehead atoms. The predicted octanol–water partition coefficient (Wildman–Crippen LogP) is 2.34. The van der Waals surface area contributed by atoms with Gasteiger partial charge in [0.15, 0.2) is 0 Å². The topological polar surface area (TPSA) is 55.1 Å². The summed E-state index contributed by atoms with van der Waals surface area (Å²) in [5.74, 6) is -0.0928. The Bertz CT molecular complexity index is 531. The van der Waals surface area contributed by atoms with Crippen molar-refractivity contribution in [2.75, 3.05) is 6.54 Å². The zero-order valence-electron chi connectivity index (χ0n) is 11.9. The highest BCUT2D eigenvalue weighted by atomic mass is 35.5. The summed E-state index contributed by atoms with van der Waals surface area (Å²) in [5.41, 5.74) is 8.21. The van der Waals surface area contributed by atoms with Gasteiger partial charge < -0.3 is 11.1 Å². The maximum Gasteiger partial charge on any atom is 0.237 e. The second-order valence-corrected chi connectivity index (χ2v) is 4.82. The predicted molar refractivity (Wildman–Crippen MR) is 88.5 cm³/mol. The van der Waals surface area contributed by atoms with E-state index in [1.807, 2.05) is 48.5 Å². The van der Waals surface area contributed by atoms with Gasteiger partial charge in [-0.25, -0.2) is 0 Å². The quantitative estimate of drug-likeness (QED) is 0.860. The van der Waals surface area contributed by atoms with E-state index in [1.165, 1.54) is 5.56 Å². The van der Waals surface area contributed by atoms with Crippen LogP contribution >= 0.6 is 12.4 Å². The number of benzene rings is 2. The Balaban J connectivity index is 0.00000220. The molecule has 2 rings (SSSR count). The molecule has 0 aliphatic rings. The lowest BCUT2D eigenvalue weighted by molar-refractivity contribution is -0.122. The third kappa shape index (κ3) is 5.98. The summed E-state index contributed by atoms with van der Waals surface area (Å²) < 4.78 is 0. The van der Waals surface area contributed by atoms with Crippen LogP contribution in [0.1, 0.15) is 11.1 Å². The van der Waals surface area contributed by atoms with Gasteiger partial charge in [-0.1, -0.05) is 60.7 Å². The van der Waals surface area contributed by atoms with Crippen LogP contribution in [0.15, 0.2) is 60.7 Å². The fourth-order valence-electron chi connectivity index (χ4n) is 2.07. The second kappa shape index (κ2) is 9.16. The van der Waals surface area contributed by atoms with Crippen molar-refractivity contribution in [3.8, 4) is 0 Å². The molecule has 21 heavy (non-hydrogen) atoms. The standard InChI is InChI=1S/C17H20N2O.ClH/c18-16(13-15-9-5-2-6-10-15)17(20)19-12-11-14-7-3-1-4-8-14;/h1-10,16H,11-13,18H2,(H,19,20);1H/t16-;/m1./s1. The molecular formula is C17H21ClN2O. The maximum absolute atomic E-state index is 11.9. The van der Waals surface area contributed by atoms with Crippen LogP contribution in [0.5, 0.6) is 0 Å². The first kappa shape index (κ1) is 17.2. The number of rotatable bonds is 6. The van der Waals surface area contributed by atoms with Gasteiger partial charge in [-0.3, -0.25) is 4.79 Å². The van der Waals surface area contributed by atoms with E-state index in [-0.39, 0.29) is 18.3 Å². The molecule has 4 heteroatoms. The number of carbonyl (C=O) groups is 1. The maximum atomic E-state index is 11.9. The number of hydrogen-bond donors (Lipinski definition) is 2. The Morgan fingerprint density at radius 1 is 0.952 bits per heavy atom. The highest BCUT2D eigenvalue weighted by molar-refractivity contribution is 5.85. The van der Waals surface area contributed by atoms with Gasteiger partial charge >= 0.3 is 0 Å². The van der Waals surface area contributed by atoms with Crippen LogP contribution in [0, 0.1) is 0 Å². The summed E-state index contributed by atoms with van der Waals surface area (Å²) in [7, 11) is 0. The summed E-state index contributed by atoms with van der Waals surface area (Å²) in [4.78, 5) is 11.9. The smallest absolute Gasteiger partial charge is 0.237 e. The third-order valence-electron chi connectivity index (χ3n) is 3.19. The van der Waals surface area contributed by atoms with Crippen molar-refractivity contribution in [3.63, 3.8) is 0 Å². The molecule has 0 fully saturated rings. The molecule has 0 saturated heterocycles. The normalized spacial score (nSPS) is 11.3. The Morgan fingerprint density at radius 2 is 1.48 bits per heavy atom. The molecule has 0 aromatic heterocycles. The van der Waals surface area contributed by atoms with Gasteiger partial charge in [0, 0.05) is 6.54 Å². The van der Waals surface area contributed by atoms with E-state index in [0.717, 1.165) is 12.0 Å². The summed E-state index contributed by atoms with van der Waals surface area (Å²) in [6, 6.07) is 19.4. The molecular weight excluding hydrogens is 284 g/mol. The van der Waals surface area contributed by atoms with E-state index in [9.17, 15) is 4.79 Å². The van der Waals surface area contributed by atoms with Crippen LogP contribution < -0.4 is 11.1 Å². The van der Waals surface area contributed by atoms with Crippen molar-refractivity contribution < 1.29 is 4.79 Å². The Kier molecular flexibility index (Phi) is 7.51. The van der Waals surface area contributed by atoms with E-state index in [0.29, 0.717) is 13.0 Å². The molecule has 2 aromatic rings. The van der Waals surface area contributed by atoms with Gasteiger partial charge in [-0.05, 0) is 24.0 Å². The van der Waals surface area contributed by atoms with E-state index < -0.39 is 6.04 Å². The first-order valence-electron chi connectivity index (χ1n) is 6.87. The van der Waals surface area contributed by atoms with Crippen LogP contribution in [-0.2, 0) is 17.6 Å². The SMILES string of the molecule is Cl.N[C@H](Cc1ccccc1)C(=O)NCCc1ccccc1. The Labute approximate surface area is 132 Å². The van der Waals surface area contributed by atoms with Crippen molar-refractivity contribution in [3.05, 3.63) is 71.8 Å². The van der Waals surface area contributed by atoms with Crippen LogP contribution in [0.3, 0.4) is 0 Å². The van der Waals surface area contributed by atoms with Crippen LogP contribution in [0.4, 0.5) is 0 Å². The molecule has 1 amide bonds. The molecule has 1 atom stereocenters. The van der Waals surface area contributed by atoms with Gasteiger partial charge in [0.05, 0.1) is 6.04 Å². The van der Waals surface area contributed by atoms with Crippen molar-refractivity contribution in [2.24, 2.45) is 5.73 Å². The molecule has 0 radical (unpaired) electrons. The Morgan fingerprint density at radius 3 is 2.05 bits per heavy atom. The van der Waals surface area contributed by atoms with Crippen molar-refractivity contribution in [1.82, 2.24) is 5.32 Å². The number of hydrogen-bond acceptors (Lipinski definition) is 2. The molecule has 0 spiro atoms. The minimum Gasteiger partial charge on any atom is -0.354 e. The molecule has 0 saturated carbocycles. The summed E-state index contributed by atoms with van der Waals surface area (Å²) in [5, 5.41) is 2.89. The average Bonchev–Trinajstić information content (AvgIpc) is 2.49. The van der Waals surface area contributed by atoms with Gasteiger partial charge in [-0.15, -0.1) is 12.4 Å². The van der Waals surface area contributed by atoms with Crippen LogP contribution in [0.2, 0.25) is 0 Å². The number of nitrogens with two attached hydrogens (primary N) is 1. The van der Waals surface area contributed by atoms with E-state index >= 15 is 0 Å². The fraction of sp³-hybridized carbons (Fsp3) is 0.235. The number of amides is 1. The second-order valence-electron chi connectivity index (χ2n) is 4.82. The highest BCUT2D eigenvalue weighted by Gasteiger charge is 2.13. The van der Waals surface area contributed by atoms with E-state index in [4.69, 9.17) is 5.73 Å². The molecule has 3 N–H and O–H groups in total. The number of halogens is 1. The van der Waals surface area contributed by atoms with Gasteiger partial charge in [0.25, 0.3) is 0 Å². The lowest BCUT2D eigenvalue weighted by atomic mass is 10.1. The molecule has 3 nitrogen and oxygen atoms in total. The summed E-state index contributed by atoms with van der Waals surface area (Å²) in [6.07, 6.45) is 1.39. The molecule has 0 aliphatic heterocycles. The lowest BCUT2D eigenvalue weighted by Crippen LogP contribution is -2.42. The van der Waals surface area contributed by atoms with Crippen LogP contribution in [0.25, 0.3) is 0 Å². The van der Waals surface area contributed by atoms with Gasteiger partial charge in [0.2, 0.25) is 5.91 Å². The van der Waals surface area contributed by atoms with Crippen molar-refractivity contribution in [2.45, 2.75) is 18.9 Å². The highest BCUT2D eigenvalue weighted by Crippen LogP contribution is 2.02. The number of carbonyl (C=O) groups excluding carboxylic acids is 1. The first-order valence-corrected chi connectivity index (χ1v) is 6.87. The van der Waals surface area contributed by atoms with E-state index in [1.54, 1.807) is 0 Å². The Hall–Kier alpha value is -1.84. The summed E-state index contributed by atoms with van der Waals surface area (Å²) in [6.45, 7) is 0.616. The monoisotopic (exact) mass is 304 g/mol. The molecule has 0 aliphatic carbocycles. The fourth-order valence-corrected chi connectivity index (χ4v) is 2.07.